The SMILES string of the molecule is C=CCN1C(=O)C(=C2Sc3ccc(OC)cc3N2C)SC1=Nc1cc(C)ccc1C. The number of amides is 1. The molecule has 1 fully saturated rings. The van der Waals surface area contributed by atoms with Crippen molar-refractivity contribution in [2.75, 3.05) is 25.6 Å². The first kappa shape index (κ1) is 20.6. The third kappa shape index (κ3) is 3.63. The van der Waals surface area contributed by atoms with Crippen molar-refractivity contribution < 1.29 is 9.53 Å². The maximum Gasteiger partial charge on any atom is 0.269 e. The summed E-state index contributed by atoms with van der Waals surface area (Å²) in [6.07, 6.45) is 1.73. The second kappa shape index (κ2) is 8.24. The van der Waals surface area contributed by atoms with Crippen molar-refractivity contribution >= 4 is 46.0 Å². The first-order chi connectivity index (χ1) is 14.4. The second-order valence-electron chi connectivity index (χ2n) is 7.12. The molecule has 0 bridgehead atoms. The number of carbonyl (C=O) groups excluding carboxylic acids is 1. The molecule has 5 nitrogen and oxygen atoms in total. The Morgan fingerprint density at radius 1 is 1.17 bits per heavy atom. The summed E-state index contributed by atoms with van der Waals surface area (Å²) < 4.78 is 5.36. The van der Waals surface area contributed by atoms with E-state index >= 15 is 0 Å². The normalized spacial score (nSPS) is 19.6. The largest absolute Gasteiger partial charge is 0.497 e. The topological polar surface area (TPSA) is 45.1 Å². The average molecular weight is 438 g/mol. The first-order valence-electron chi connectivity index (χ1n) is 9.53. The molecule has 0 unspecified atom stereocenters. The maximum absolute atomic E-state index is 13.3. The summed E-state index contributed by atoms with van der Waals surface area (Å²) in [5.41, 5.74) is 4.13. The van der Waals surface area contributed by atoms with Crippen molar-refractivity contribution in [2.24, 2.45) is 4.99 Å². The summed E-state index contributed by atoms with van der Waals surface area (Å²) >= 11 is 3.02. The van der Waals surface area contributed by atoms with E-state index in [1.165, 1.54) is 11.8 Å². The van der Waals surface area contributed by atoms with Crippen LogP contribution in [0.15, 0.2) is 68.9 Å². The molecule has 0 radical (unpaired) electrons. The second-order valence-corrected chi connectivity index (χ2v) is 9.13. The van der Waals surface area contributed by atoms with Crippen molar-refractivity contribution in [3.63, 3.8) is 0 Å². The Morgan fingerprint density at radius 3 is 2.70 bits per heavy atom. The summed E-state index contributed by atoms with van der Waals surface area (Å²) in [7, 11) is 3.63. The number of anilines is 1. The van der Waals surface area contributed by atoms with Gasteiger partial charge in [0.25, 0.3) is 5.91 Å². The van der Waals surface area contributed by atoms with Crippen molar-refractivity contribution in [3.05, 3.63) is 70.1 Å². The zero-order chi connectivity index (χ0) is 21.4. The third-order valence-electron chi connectivity index (χ3n) is 4.99. The van der Waals surface area contributed by atoms with E-state index in [0.717, 1.165) is 38.2 Å². The summed E-state index contributed by atoms with van der Waals surface area (Å²) in [5, 5.41) is 1.59. The van der Waals surface area contributed by atoms with Crippen LogP contribution in [0.1, 0.15) is 11.1 Å². The highest BCUT2D eigenvalue weighted by atomic mass is 32.2. The summed E-state index contributed by atoms with van der Waals surface area (Å²) in [5.74, 6) is 0.751. The van der Waals surface area contributed by atoms with E-state index in [4.69, 9.17) is 9.73 Å². The van der Waals surface area contributed by atoms with Gasteiger partial charge < -0.3 is 9.64 Å². The fourth-order valence-electron chi connectivity index (χ4n) is 3.30. The Labute approximate surface area is 185 Å². The van der Waals surface area contributed by atoms with Crippen molar-refractivity contribution in [1.29, 1.82) is 0 Å². The van der Waals surface area contributed by atoms with Gasteiger partial charge >= 0.3 is 0 Å². The van der Waals surface area contributed by atoms with E-state index in [0.29, 0.717) is 16.6 Å². The fraction of sp³-hybridized carbons (Fsp3) is 0.217. The zero-order valence-electron chi connectivity index (χ0n) is 17.4. The van der Waals surface area contributed by atoms with Crippen LogP contribution in [0.2, 0.25) is 0 Å². The van der Waals surface area contributed by atoms with E-state index < -0.39 is 0 Å². The molecule has 154 valence electrons. The van der Waals surface area contributed by atoms with Gasteiger partial charge in [0.05, 0.1) is 23.5 Å². The number of methoxy groups -OCH3 is 1. The highest BCUT2D eigenvalue weighted by Gasteiger charge is 2.38. The summed E-state index contributed by atoms with van der Waals surface area (Å²) in [4.78, 5) is 23.7. The Morgan fingerprint density at radius 2 is 1.97 bits per heavy atom. The van der Waals surface area contributed by atoms with Gasteiger partial charge in [0, 0.05) is 24.6 Å². The maximum atomic E-state index is 13.3. The number of fused-ring (bicyclic) bond motifs is 1. The predicted molar refractivity (Wildman–Crippen MR) is 127 cm³/mol. The molecule has 2 heterocycles. The molecular formula is C23H23N3O2S2. The lowest BCUT2D eigenvalue weighted by Crippen LogP contribution is -2.29. The molecule has 2 aliphatic rings. The number of amidine groups is 1. The van der Waals surface area contributed by atoms with Crippen molar-refractivity contribution in [2.45, 2.75) is 18.7 Å². The van der Waals surface area contributed by atoms with Gasteiger partial charge in [-0.3, -0.25) is 9.69 Å². The van der Waals surface area contributed by atoms with Crippen LogP contribution >= 0.6 is 23.5 Å². The molecule has 0 spiro atoms. The van der Waals surface area contributed by atoms with Gasteiger partial charge in [-0.1, -0.05) is 30.0 Å². The number of hydrogen-bond donors (Lipinski definition) is 0. The van der Waals surface area contributed by atoms with Crippen LogP contribution in [0.4, 0.5) is 11.4 Å². The van der Waals surface area contributed by atoms with Crippen LogP contribution in [0.5, 0.6) is 5.75 Å². The fourth-order valence-corrected chi connectivity index (χ4v) is 5.63. The Bertz CT molecular complexity index is 1110. The number of carbonyl (C=O) groups is 1. The standard InChI is InChI=1S/C23H23N3O2S2/c1-6-11-26-21(27)20(30-23(26)24-17-12-14(2)7-8-15(17)3)22-25(4)18-13-16(28-5)9-10-19(18)29-22/h6-10,12-13H,1,11H2,2-5H3. The van der Waals surface area contributed by atoms with Gasteiger partial charge in [0.2, 0.25) is 0 Å². The number of aryl methyl sites for hydroxylation is 2. The quantitative estimate of drug-likeness (QED) is 0.469. The Balaban J connectivity index is 1.75. The molecule has 0 N–H and O–H groups in total. The van der Waals surface area contributed by atoms with Gasteiger partial charge in [0.15, 0.2) is 5.17 Å². The number of hydrogen-bond acceptors (Lipinski definition) is 6. The molecule has 2 aromatic rings. The average Bonchev–Trinajstić information content (AvgIpc) is 3.22. The monoisotopic (exact) mass is 437 g/mol. The molecular weight excluding hydrogens is 414 g/mol. The Hall–Kier alpha value is -2.64. The lowest BCUT2D eigenvalue weighted by Gasteiger charge is -2.16. The number of thioether (sulfide) groups is 2. The Kier molecular flexibility index (Phi) is 5.66. The highest BCUT2D eigenvalue weighted by molar-refractivity contribution is 8.19. The number of aliphatic imine (C=N–C) groups is 1. The van der Waals surface area contributed by atoms with Crippen molar-refractivity contribution in [1.82, 2.24) is 4.90 Å². The number of benzene rings is 2. The molecule has 1 saturated heterocycles. The van der Waals surface area contributed by atoms with Gasteiger partial charge in [-0.25, -0.2) is 4.99 Å². The van der Waals surface area contributed by atoms with E-state index in [9.17, 15) is 4.79 Å². The minimum Gasteiger partial charge on any atom is -0.497 e. The third-order valence-corrected chi connectivity index (χ3v) is 7.42. The van der Waals surface area contributed by atoms with E-state index in [-0.39, 0.29) is 5.91 Å². The van der Waals surface area contributed by atoms with Gasteiger partial charge in [0.1, 0.15) is 10.7 Å². The van der Waals surface area contributed by atoms with Crippen LogP contribution in [-0.4, -0.2) is 36.7 Å². The van der Waals surface area contributed by atoms with E-state index in [2.05, 4.69) is 23.6 Å². The minimum atomic E-state index is -0.0434. The van der Waals surface area contributed by atoms with Crippen LogP contribution in [0.3, 0.4) is 0 Å². The number of nitrogens with zero attached hydrogens (tertiary/aromatic N) is 3. The molecule has 1 amide bonds. The van der Waals surface area contributed by atoms with Crippen LogP contribution < -0.4 is 9.64 Å². The molecule has 30 heavy (non-hydrogen) atoms. The zero-order valence-corrected chi connectivity index (χ0v) is 19.1. The predicted octanol–water partition coefficient (Wildman–Crippen LogP) is 5.47. The van der Waals surface area contributed by atoms with Gasteiger partial charge in [-0.05, 0) is 54.9 Å². The molecule has 0 aromatic heterocycles. The van der Waals surface area contributed by atoms with Crippen LogP contribution in [0, 0.1) is 13.8 Å². The molecule has 2 aliphatic heterocycles. The molecule has 2 aromatic carbocycles. The number of ether oxygens (including phenoxy) is 1. The lowest BCUT2D eigenvalue weighted by atomic mass is 10.1. The molecule has 7 heteroatoms. The first-order valence-corrected chi connectivity index (χ1v) is 11.2. The van der Waals surface area contributed by atoms with E-state index in [1.54, 1.807) is 29.8 Å². The van der Waals surface area contributed by atoms with E-state index in [1.807, 2.05) is 45.2 Å². The molecule has 4 rings (SSSR count). The summed E-state index contributed by atoms with van der Waals surface area (Å²) in [6.45, 7) is 8.31. The lowest BCUT2D eigenvalue weighted by molar-refractivity contribution is -0.121. The van der Waals surface area contributed by atoms with Gasteiger partial charge in [-0.15, -0.1) is 6.58 Å². The smallest absolute Gasteiger partial charge is 0.269 e. The van der Waals surface area contributed by atoms with Gasteiger partial charge in [-0.2, -0.15) is 0 Å². The van der Waals surface area contributed by atoms with Crippen molar-refractivity contribution in [3.8, 4) is 5.75 Å². The number of rotatable bonds is 4. The molecule has 0 saturated carbocycles. The molecule has 0 atom stereocenters. The van der Waals surface area contributed by atoms with Crippen LogP contribution in [0.25, 0.3) is 0 Å². The highest BCUT2D eigenvalue weighted by Crippen LogP contribution is 2.51. The van der Waals surface area contributed by atoms with Crippen LogP contribution in [-0.2, 0) is 4.79 Å². The molecule has 0 aliphatic carbocycles. The minimum absolute atomic E-state index is 0.0434. The summed E-state index contributed by atoms with van der Waals surface area (Å²) in [6, 6.07) is 12.1.